The van der Waals surface area contributed by atoms with Crippen molar-refractivity contribution in [2.24, 2.45) is 0 Å². The monoisotopic (exact) mass is 568 g/mol. The third kappa shape index (κ3) is 12.9. The Labute approximate surface area is 237 Å². The largest absolute Gasteiger partial charge is 0.501 e. The molecule has 2 atom stereocenters. The van der Waals surface area contributed by atoms with E-state index in [1.54, 1.807) is 7.11 Å². The summed E-state index contributed by atoms with van der Waals surface area (Å²) in [5, 5.41) is 12.4. The molecule has 0 unspecified atom stereocenters. The van der Waals surface area contributed by atoms with Crippen LogP contribution in [0.5, 0.6) is 0 Å². The topological polar surface area (TPSA) is 114 Å². The Kier molecular flexibility index (Phi) is 17.9. The van der Waals surface area contributed by atoms with Gasteiger partial charge in [0.15, 0.2) is 0 Å². The Bertz CT molecular complexity index is 898. The molecule has 3 amide bonds. The molecule has 0 bridgehead atoms. The van der Waals surface area contributed by atoms with Gasteiger partial charge in [-0.25, -0.2) is 0 Å². The first-order chi connectivity index (χ1) is 18.8. The van der Waals surface area contributed by atoms with Crippen molar-refractivity contribution >= 4 is 29.3 Å². The number of nitrogens with one attached hydrogen (secondary N) is 1. The number of ether oxygens (including phenoxy) is 3. The molecule has 9 nitrogen and oxygen atoms in total. The zero-order valence-corrected chi connectivity index (χ0v) is 24.5. The van der Waals surface area contributed by atoms with Gasteiger partial charge >= 0.3 is 0 Å². The van der Waals surface area contributed by atoms with E-state index in [2.05, 4.69) is 18.3 Å². The van der Waals surface area contributed by atoms with Crippen LogP contribution in [-0.2, 0) is 28.6 Å². The van der Waals surface area contributed by atoms with Gasteiger partial charge in [0, 0.05) is 44.2 Å². The molecule has 1 aliphatic heterocycles. The van der Waals surface area contributed by atoms with E-state index >= 15 is 0 Å². The van der Waals surface area contributed by atoms with Gasteiger partial charge in [-0.1, -0.05) is 62.8 Å². The Hall–Kier alpha value is -2.62. The maximum atomic E-state index is 12.7. The molecule has 39 heavy (non-hydrogen) atoms. The summed E-state index contributed by atoms with van der Waals surface area (Å²) in [5.74, 6) is -0.912. The van der Waals surface area contributed by atoms with Crippen LogP contribution in [0, 0.1) is 0 Å². The summed E-state index contributed by atoms with van der Waals surface area (Å²) in [6.45, 7) is 1.93. The van der Waals surface area contributed by atoms with Gasteiger partial charge in [-0.05, 0) is 24.8 Å². The summed E-state index contributed by atoms with van der Waals surface area (Å²) in [6.07, 6.45) is 15.8. The van der Waals surface area contributed by atoms with Crippen LogP contribution in [0.2, 0.25) is 0 Å². The number of carbonyl (C=O) groups is 3. The molecular formula is C29H45ClN2O7. The van der Waals surface area contributed by atoms with Crippen LogP contribution in [0.1, 0.15) is 71.1 Å². The molecule has 0 aliphatic carbocycles. The number of aliphatic hydroxyl groups excluding tert-OH is 1. The summed E-state index contributed by atoms with van der Waals surface area (Å²) in [7, 11) is 4.50. The fraction of sp³-hybridized carbons (Fsp3) is 0.621. The molecule has 0 aromatic rings. The van der Waals surface area contributed by atoms with E-state index in [-0.39, 0.29) is 36.5 Å². The lowest BCUT2D eigenvalue weighted by atomic mass is 10.1. The molecule has 0 saturated heterocycles. The maximum absolute atomic E-state index is 12.7. The van der Waals surface area contributed by atoms with Crippen LogP contribution >= 0.6 is 11.6 Å². The first kappa shape index (κ1) is 34.4. The van der Waals surface area contributed by atoms with Gasteiger partial charge in [-0.2, -0.15) is 0 Å². The zero-order chi connectivity index (χ0) is 29.0. The van der Waals surface area contributed by atoms with Gasteiger partial charge in [-0.3, -0.25) is 19.3 Å². The lowest BCUT2D eigenvalue weighted by Crippen LogP contribution is -2.42. The smallest absolute Gasteiger partial charge is 0.257 e. The minimum Gasteiger partial charge on any atom is -0.501 e. The number of rotatable bonds is 20. The number of allylic oxidation sites excluding steroid dienone is 2. The number of methoxy groups -OCH3 is 3. The summed E-state index contributed by atoms with van der Waals surface area (Å²) in [5.41, 5.74) is 1.94. The summed E-state index contributed by atoms with van der Waals surface area (Å²) in [6, 6.07) is -0.892. The lowest BCUT2D eigenvalue weighted by molar-refractivity contribution is -0.140. The van der Waals surface area contributed by atoms with Crippen molar-refractivity contribution in [3.05, 3.63) is 46.9 Å². The number of carbonyl (C=O) groups excluding carboxylic acids is 3. The van der Waals surface area contributed by atoms with Gasteiger partial charge < -0.3 is 24.6 Å². The molecule has 0 spiro atoms. The van der Waals surface area contributed by atoms with Gasteiger partial charge in [0.25, 0.3) is 11.8 Å². The first-order valence-corrected chi connectivity index (χ1v) is 14.0. The van der Waals surface area contributed by atoms with Crippen molar-refractivity contribution in [2.75, 3.05) is 34.5 Å². The van der Waals surface area contributed by atoms with E-state index in [9.17, 15) is 19.5 Å². The Balaban J connectivity index is 2.47. The van der Waals surface area contributed by atoms with Crippen LogP contribution in [0.4, 0.5) is 0 Å². The highest BCUT2D eigenvalue weighted by atomic mass is 35.5. The summed E-state index contributed by atoms with van der Waals surface area (Å²) in [4.78, 5) is 38.1. The van der Waals surface area contributed by atoms with E-state index < -0.39 is 24.5 Å². The van der Waals surface area contributed by atoms with E-state index in [1.165, 1.54) is 64.0 Å². The highest BCUT2D eigenvalue weighted by Crippen LogP contribution is 2.22. The van der Waals surface area contributed by atoms with Crippen molar-refractivity contribution < 1.29 is 33.7 Å². The summed E-state index contributed by atoms with van der Waals surface area (Å²) >= 11 is 5.95. The van der Waals surface area contributed by atoms with Crippen molar-refractivity contribution in [3.8, 4) is 0 Å². The number of hydrogen-bond donors (Lipinski definition) is 2. The minimum absolute atomic E-state index is 0.125. The minimum atomic E-state index is -0.892. The number of aliphatic hydroxyl groups is 1. The normalized spacial score (nSPS) is 17.0. The van der Waals surface area contributed by atoms with E-state index in [4.69, 9.17) is 25.8 Å². The van der Waals surface area contributed by atoms with Gasteiger partial charge in [0.05, 0.1) is 26.9 Å². The molecular weight excluding hydrogens is 524 g/mol. The van der Waals surface area contributed by atoms with E-state index in [0.717, 1.165) is 17.7 Å². The molecule has 220 valence electrons. The Morgan fingerprint density at radius 3 is 2.54 bits per heavy atom. The quantitative estimate of drug-likeness (QED) is 0.0961. The van der Waals surface area contributed by atoms with Crippen molar-refractivity contribution in [1.29, 1.82) is 0 Å². The lowest BCUT2D eigenvalue weighted by Gasteiger charge is -2.22. The Morgan fingerprint density at radius 1 is 1.18 bits per heavy atom. The molecule has 1 aliphatic rings. The second kappa shape index (κ2) is 20.3. The molecule has 0 aromatic heterocycles. The second-order valence-electron chi connectivity index (χ2n) is 9.34. The average Bonchev–Trinajstić information content (AvgIpc) is 3.28. The number of halogens is 1. The fourth-order valence-corrected chi connectivity index (χ4v) is 4.29. The zero-order valence-electron chi connectivity index (χ0n) is 23.7. The van der Waals surface area contributed by atoms with Crippen molar-refractivity contribution in [1.82, 2.24) is 10.2 Å². The van der Waals surface area contributed by atoms with Crippen LogP contribution in [0.15, 0.2) is 46.9 Å². The maximum Gasteiger partial charge on any atom is 0.257 e. The van der Waals surface area contributed by atoms with Crippen LogP contribution in [0.25, 0.3) is 0 Å². The SMILES string of the molecule is CCCCCCC[C@H](C/C=C/CCC(=O)NC/C(=C\Cl)C/C(=C\C(=O)N1C(=O)C=C(OC)[C@H]1CO)OC)OC. The molecule has 10 heteroatoms. The van der Waals surface area contributed by atoms with Crippen LogP contribution in [0.3, 0.4) is 0 Å². The van der Waals surface area contributed by atoms with E-state index in [1.807, 2.05) is 6.08 Å². The molecule has 1 rings (SSSR count). The standard InChI is InChI=1S/C29H45ClN2O7/c1-5-6-7-8-10-13-23(37-2)14-11-9-12-15-27(34)31-20-22(19-30)16-24(38-3)17-28(35)32-25(21-33)26(39-4)18-29(32)36/h9,11,17-19,23,25,33H,5-8,10,12-16,20-21H2,1-4H3,(H,31,34)/b11-9+,22-19-,24-17+/t23-,25-/m1/s1. The third-order valence-corrected chi connectivity index (χ3v) is 6.78. The number of nitrogens with zero attached hydrogens (tertiary/aromatic N) is 1. The highest BCUT2D eigenvalue weighted by Gasteiger charge is 2.37. The third-order valence-electron chi connectivity index (χ3n) is 6.47. The molecule has 0 aromatic carbocycles. The van der Waals surface area contributed by atoms with E-state index in [0.29, 0.717) is 18.4 Å². The molecule has 2 N–H and O–H groups in total. The predicted molar refractivity (Wildman–Crippen MR) is 152 cm³/mol. The van der Waals surface area contributed by atoms with Crippen molar-refractivity contribution in [3.63, 3.8) is 0 Å². The van der Waals surface area contributed by atoms with Gasteiger partial charge in [-0.15, -0.1) is 0 Å². The Morgan fingerprint density at radius 2 is 1.92 bits per heavy atom. The average molecular weight is 569 g/mol. The number of imide groups is 1. The predicted octanol–water partition coefficient (Wildman–Crippen LogP) is 4.51. The second-order valence-corrected chi connectivity index (χ2v) is 9.56. The van der Waals surface area contributed by atoms with Crippen LogP contribution in [-0.4, -0.2) is 74.4 Å². The molecule has 0 saturated carbocycles. The number of unbranched alkanes of at least 4 members (excludes halogenated alkanes) is 4. The summed E-state index contributed by atoms with van der Waals surface area (Å²) < 4.78 is 15.9. The van der Waals surface area contributed by atoms with Gasteiger partial charge in [0.2, 0.25) is 5.91 Å². The molecule has 0 radical (unpaired) electrons. The highest BCUT2D eigenvalue weighted by molar-refractivity contribution is 6.25. The first-order valence-electron chi connectivity index (χ1n) is 13.6. The number of hydrogen-bond acceptors (Lipinski definition) is 7. The molecule has 1 heterocycles. The van der Waals surface area contributed by atoms with Crippen molar-refractivity contribution in [2.45, 2.75) is 83.3 Å². The van der Waals surface area contributed by atoms with Crippen LogP contribution < -0.4 is 5.32 Å². The van der Waals surface area contributed by atoms with Gasteiger partial charge in [0.1, 0.15) is 17.6 Å². The fourth-order valence-electron chi connectivity index (χ4n) is 4.14. The molecule has 0 fully saturated rings. The number of amides is 3.